The second-order valence-electron chi connectivity index (χ2n) is 7.86. The number of rotatable bonds is 6. The lowest BCUT2D eigenvalue weighted by atomic mass is 10.2. The zero-order chi connectivity index (χ0) is 22.6. The van der Waals surface area contributed by atoms with Gasteiger partial charge >= 0.3 is 11.7 Å². The van der Waals surface area contributed by atoms with Crippen molar-refractivity contribution in [2.24, 2.45) is 0 Å². The minimum atomic E-state index is -0.326. The molecule has 0 aliphatic carbocycles. The number of aromatic nitrogens is 4. The Bertz CT molecular complexity index is 1310. The van der Waals surface area contributed by atoms with Crippen molar-refractivity contribution in [1.29, 1.82) is 0 Å². The van der Waals surface area contributed by atoms with E-state index in [9.17, 15) is 9.59 Å². The van der Waals surface area contributed by atoms with Crippen LogP contribution in [0.1, 0.15) is 6.42 Å². The van der Waals surface area contributed by atoms with Crippen LogP contribution in [0.25, 0.3) is 22.1 Å². The molecule has 1 saturated heterocycles. The molecule has 2 amide bonds. The molecule has 33 heavy (non-hydrogen) atoms. The summed E-state index contributed by atoms with van der Waals surface area (Å²) in [5, 5.41) is 3.80. The summed E-state index contributed by atoms with van der Waals surface area (Å²) in [6.07, 6.45) is 2.41. The van der Waals surface area contributed by atoms with Crippen molar-refractivity contribution in [3.63, 3.8) is 0 Å². The first-order chi connectivity index (χ1) is 16.2. The van der Waals surface area contributed by atoms with Crippen LogP contribution >= 0.6 is 0 Å². The maximum Gasteiger partial charge on any atom is 0.325 e. The van der Waals surface area contributed by atoms with E-state index in [1.54, 1.807) is 6.20 Å². The molecule has 0 radical (unpaired) electrons. The maximum absolute atomic E-state index is 12.5. The molecule has 1 aliphatic heterocycles. The standard InChI is InChI=1S/C23H25N7O3/c31-22-27-19-20(16-6-1-2-7-17(16)26-21(19)28-22)33-15-5-10-25-23(32)30-13-11-29(12-14-30)18-8-3-4-9-24-18/h1-4,6-9H,5,10-15H2,(H,25,32)(H2,26,27,28,31). The van der Waals surface area contributed by atoms with E-state index in [4.69, 9.17) is 4.74 Å². The second-order valence-corrected chi connectivity index (χ2v) is 7.86. The number of pyridine rings is 2. The number of nitrogens with zero attached hydrogens (tertiary/aromatic N) is 4. The third kappa shape index (κ3) is 4.45. The Hall–Kier alpha value is -4.08. The minimum Gasteiger partial charge on any atom is -0.490 e. The lowest BCUT2D eigenvalue weighted by Crippen LogP contribution is -2.52. The normalized spacial score (nSPS) is 14.1. The molecule has 5 rings (SSSR count). The van der Waals surface area contributed by atoms with Crippen LogP contribution in [-0.4, -0.2) is 70.2 Å². The minimum absolute atomic E-state index is 0.0672. The summed E-state index contributed by atoms with van der Waals surface area (Å²) in [5.41, 5.74) is 1.43. The number of ether oxygens (including phenoxy) is 1. The summed E-state index contributed by atoms with van der Waals surface area (Å²) in [6, 6.07) is 13.4. The van der Waals surface area contributed by atoms with Gasteiger partial charge < -0.3 is 24.8 Å². The van der Waals surface area contributed by atoms with Gasteiger partial charge in [0.25, 0.3) is 0 Å². The number of H-pyrrole nitrogens is 2. The van der Waals surface area contributed by atoms with Crippen LogP contribution in [0.5, 0.6) is 5.75 Å². The van der Waals surface area contributed by atoms with Gasteiger partial charge in [0.05, 0.1) is 12.1 Å². The Morgan fingerprint density at radius 2 is 1.88 bits per heavy atom. The fourth-order valence-corrected chi connectivity index (χ4v) is 4.02. The fraction of sp³-hybridized carbons (Fsp3) is 0.304. The molecule has 4 heterocycles. The van der Waals surface area contributed by atoms with Gasteiger partial charge in [-0.2, -0.15) is 0 Å². The molecule has 170 valence electrons. The highest BCUT2D eigenvalue weighted by atomic mass is 16.5. The van der Waals surface area contributed by atoms with Crippen molar-refractivity contribution >= 4 is 33.9 Å². The molecule has 1 fully saturated rings. The van der Waals surface area contributed by atoms with E-state index in [0.29, 0.717) is 49.6 Å². The Morgan fingerprint density at radius 3 is 2.70 bits per heavy atom. The first-order valence-electron chi connectivity index (χ1n) is 11.0. The van der Waals surface area contributed by atoms with Gasteiger partial charge in [-0.15, -0.1) is 0 Å². The molecule has 3 aromatic heterocycles. The number of anilines is 1. The molecule has 0 atom stereocenters. The number of hydrogen-bond acceptors (Lipinski definition) is 6. The third-order valence-corrected chi connectivity index (χ3v) is 5.70. The molecular formula is C23H25N7O3. The van der Waals surface area contributed by atoms with E-state index in [0.717, 1.165) is 29.8 Å². The zero-order valence-electron chi connectivity index (χ0n) is 18.1. The first-order valence-corrected chi connectivity index (χ1v) is 11.0. The van der Waals surface area contributed by atoms with E-state index in [2.05, 4.69) is 30.2 Å². The highest BCUT2D eigenvalue weighted by Crippen LogP contribution is 2.30. The van der Waals surface area contributed by atoms with Gasteiger partial charge in [0.1, 0.15) is 11.3 Å². The predicted molar refractivity (Wildman–Crippen MR) is 126 cm³/mol. The maximum atomic E-state index is 12.5. The number of carbonyl (C=O) groups excluding carboxylic acids is 1. The van der Waals surface area contributed by atoms with E-state index in [-0.39, 0.29) is 11.7 Å². The zero-order valence-corrected chi connectivity index (χ0v) is 18.1. The lowest BCUT2D eigenvalue weighted by molar-refractivity contribution is 0.193. The number of nitrogens with one attached hydrogen (secondary N) is 3. The Morgan fingerprint density at radius 1 is 1.06 bits per heavy atom. The molecule has 0 spiro atoms. The van der Waals surface area contributed by atoms with E-state index in [1.807, 2.05) is 47.4 Å². The van der Waals surface area contributed by atoms with Gasteiger partial charge in [-0.1, -0.05) is 18.2 Å². The van der Waals surface area contributed by atoms with E-state index >= 15 is 0 Å². The molecule has 0 unspecified atom stereocenters. The monoisotopic (exact) mass is 447 g/mol. The van der Waals surface area contributed by atoms with Gasteiger partial charge in [0.15, 0.2) is 11.4 Å². The largest absolute Gasteiger partial charge is 0.490 e. The van der Waals surface area contributed by atoms with Gasteiger partial charge in [-0.25, -0.2) is 19.6 Å². The molecule has 10 heteroatoms. The van der Waals surface area contributed by atoms with Gasteiger partial charge in [-0.3, -0.25) is 4.98 Å². The molecular weight excluding hydrogens is 422 g/mol. The average molecular weight is 447 g/mol. The predicted octanol–water partition coefficient (Wildman–Crippen LogP) is 2.10. The second kappa shape index (κ2) is 9.19. The molecule has 0 bridgehead atoms. The van der Waals surface area contributed by atoms with Crippen molar-refractivity contribution in [2.45, 2.75) is 6.42 Å². The summed E-state index contributed by atoms with van der Waals surface area (Å²) in [4.78, 5) is 42.6. The summed E-state index contributed by atoms with van der Waals surface area (Å²) in [5.74, 6) is 1.53. The Labute approximate surface area is 189 Å². The summed E-state index contributed by atoms with van der Waals surface area (Å²) in [6.45, 7) is 3.71. The smallest absolute Gasteiger partial charge is 0.325 e. The number of para-hydroxylation sites is 1. The summed E-state index contributed by atoms with van der Waals surface area (Å²) in [7, 11) is 0. The highest BCUT2D eigenvalue weighted by Gasteiger charge is 2.21. The SMILES string of the molecule is O=C(NCCCOc1c2ccccc2nc2[nH]c(=O)[nH]c12)N1CCN(c2ccccn2)CC1. The van der Waals surface area contributed by atoms with Crippen molar-refractivity contribution in [2.75, 3.05) is 44.2 Å². The van der Waals surface area contributed by atoms with Gasteiger partial charge in [0, 0.05) is 44.3 Å². The number of aromatic amines is 2. The molecule has 1 aliphatic rings. The van der Waals surface area contributed by atoms with Crippen LogP contribution in [-0.2, 0) is 0 Å². The van der Waals surface area contributed by atoms with Gasteiger partial charge in [-0.05, 0) is 30.7 Å². The summed E-state index contributed by atoms with van der Waals surface area (Å²) >= 11 is 0. The molecule has 0 saturated carbocycles. The summed E-state index contributed by atoms with van der Waals surface area (Å²) < 4.78 is 6.03. The number of amides is 2. The van der Waals surface area contributed by atoms with Crippen LogP contribution < -0.4 is 20.6 Å². The van der Waals surface area contributed by atoms with E-state index < -0.39 is 0 Å². The average Bonchev–Trinajstić information content (AvgIpc) is 3.23. The number of hydrogen-bond donors (Lipinski definition) is 3. The Balaban J connectivity index is 1.12. The molecule has 10 nitrogen and oxygen atoms in total. The number of imidazole rings is 1. The van der Waals surface area contributed by atoms with E-state index in [1.165, 1.54) is 0 Å². The topological polar surface area (TPSA) is 119 Å². The lowest BCUT2D eigenvalue weighted by Gasteiger charge is -2.35. The number of carbonyl (C=O) groups is 1. The number of benzene rings is 1. The van der Waals surface area contributed by atoms with Crippen molar-refractivity contribution in [3.8, 4) is 5.75 Å². The van der Waals surface area contributed by atoms with Gasteiger partial charge in [0.2, 0.25) is 0 Å². The highest BCUT2D eigenvalue weighted by molar-refractivity contribution is 5.97. The van der Waals surface area contributed by atoms with Crippen LogP contribution in [0.3, 0.4) is 0 Å². The van der Waals surface area contributed by atoms with Crippen LogP contribution in [0, 0.1) is 0 Å². The first kappa shape index (κ1) is 20.8. The van der Waals surface area contributed by atoms with Crippen LogP contribution in [0.2, 0.25) is 0 Å². The quantitative estimate of drug-likeness (QED) is 0.390. The number of urea groups is 1. The third-order valence-electron chi connectivity index (χ3n) is 5.70. The van der Waals surface area contributed by atoms with Crippen molar-refractivity contribution in [1.82, 2.24) is 30.2 Å². The molecule has 1 aromatic carbocycles. The number of fused-ring (bicyclic) bond motifs is 2. The van der Waals surface area contributed by atoms with Crippen molar-refractivity contribution < 1.29 is 9.53 Å². The molecule has 4 aromatic rings. The fourth-order valence-electron chi connectivity index (χ4n) is 4.02. The number of piperazine rings is 1. The van der Waals surface area contributed by atoms with Crippen LogP contribution in [0.4, 0.5) is 10.6 Å². The van der Waals surface area contributed by atoms with Crippen molar-refractivity contribution in [3.05, 3.63) is 59.1 Å². The Kier molecular flexibility index (Phi) is 5.79. The van der Waals surface area contributed by atoms with Crippen LogP contribution in [0.15, 0.2) is 53.5 Å². The molecule has 3 N–H and O–H groups in total.